The fraction of sp³-hybridized carbons (Fsp3) is 0.154. The number of benzene rings is 1. The van der Waals surface area contributed by atoms with Crippen LogP contribution in [0.3, 0.4) is 0 Å². The number of nitro groups is 1. The predicted molar refractivity (Wildman–Crippen MR) is 79.9 cm³/mol. The van der Waals surface area contributed by atoms with Crippen LogP contribution >= 0.6 is 22.9 Å². The Morgan fingerprint density at radius 3 is 2.80 bits per heavy atom. The van der Waals surface area contributed by atoms with Crippen molar-refractivity contribution in [1.82, 2.24) is 0 Å². The van der Waals surface area contributed by atoms with Gasteiger partial charge in [-0.25, -0.2) is 0 Å². The van der Waals surface area contributed by atoms with Crippen LogP contribution in [-0.2, 0) is 6.42 Å². The number of hydrogen-bond acceptors (Lipinski definition) is 5. The van der Waals surface area contributed by atoms with Crippen molar-refractivity contribution >= 4 is 34.3 Å². The Labute approximate surface area is 124 Å². The van der Waals surface area contributed by atoms with Crippen LogP contribution in [-0.4, -0.2) is 4.92 Å². The summed E-state index contributed by atoms with van der Waals surface area (Å²) in [6, 6.07) is 6.50. The predicted octanol–water partition coefficient (Wildman–Crippen LogP) is 3.99. The first-order chi connectivity index (χ1) is 9.49. The molecule has 0 unspecified atom stereocenters. The van der Waals surface area contributed by atoms with Crippen LogP contribution in [0, 0.1) is 21.4 Å². The van der Waals surface area contributed by atoms with E-state index in [0.29, 0.717) is 32.4 Å². The number of anilines is 1. The fourth-order valence-corrected chi connectivity index (χ4v) is 3.29. The summed E-state index contributed by atoms with van der Waals surface area (Å²) < 4.78 is 0. The van der Waals surface area contributed by atoms with Gasteiger partial charge in [-0.2, -0.15) is 5.26 Å². The molecule has 1 heterocycles. The summed E-state index contributed by atoms with van der Waals surface area (Å²) in [6.45, 7) is 1.89. The summed E-state index contributed by atoms with van der Waals surface area (Å²) in [4.78, 5) is 11.7. The Balaban J connectivity index is 2.75. The number of nitrogens with two attached hydrogens (primary N) is 1. The normalized spacial score (nSPS) is 10.2. The van der Waals surface area contributed by atoms with Crippen LogP contribution in [0.25, 0.3) is 10.4 Å². The van der Waals surface area contributed by atoms with Gasteiger partial charge < -0.3 is 5.73 Å². The second kappa shape index (κ2) is 5.49. The van der Waals surface area contributed by atoms with E-state index in [1.165, 1.54) is 17.4 Å². The molecule has 0 bridgehead atoms. The van der Waals surface area contributed by atoms with Crippen molar-refractivity contribution in [3.8, 4) is 16.5 Å². The monoisotopic (exact) mass is 307 g/mol. The highest BCUT2D eigenvalue weighted by molar-refractivity contribution is 7.16. The minimum atomic E-state index is -0.484. The molecule has 20 heavy (non-hydrogen) atoms. The zero-order chi connectivity index (χ0) is 14.9. The molecule has 0 aliphatic carbocycles. The molecule has 2 rings (SSSR count). The van der Waals surface area contributed by atoms with Crippen LogP contribution < -0.4 is 5.73 Å². The third kappa shape index (κ3) is 2.33. The Morgan fingerprint density at radius 2 is 2.25 bits per heavy atom. The smallest absolute Gasteiger partial charge is 0.279 e. The average Bonchev–Trinajstić information content (AvgIpc) is 2.74. The summed E-state index contributed by atoms with van der Waals surface area (Å²) in [6.07, 6.45) is 0.596. The molecule has 7 heteroatoms. The van der Waals surface area contributed by atoms with Crippen LogP contribution in [0.4, 0.5) is 11.4 Å². The molecule has 0 atom stereocenters. The quantitative estimate of drug-likeness (QED) is 0.685. The number of nitrogens with zero attached hydrogens (tertiary/aromatic N) is 2. The van der Waals surface area contributed by atoms with E-state index in [2.05, 4.69) is 0 Å². The number of nitro benzene ring substituents is 1. The summed E-state index contributed by atoms with van der Waals surface area (Å²) in [7, 11) is 0. The molecule has 0 spiro atoms. The van der Waals surface area contributed by atoms with Crippen molar-refractivity contribution in [1.29, 1.82) is 5.26 Å². The zero-order valence-electron chi connectivity index (χ0n) is 10.5. The van der Waals surface area contributed by atoms with Gasteiger partial charge in [0, 0.05) is 16.0 Å². The van der Waals surface area contributed by atoms with Crippen LogP contribution in [0.1, 0.15) is 17.4 Å². The molecule has 0 fully saturated rings. The lowest BCUT2D eigenvalue weighted by molar-refractivity contribution is -0.384. The second-order valence-corrected chi connectivity index (χ2v) is 5.49. The van der Waals surface area contributed by atoms with E-state index in [1.54, 1.807) is 12.1 Å². The lowest BCUT2D eigenvalue weighted by Crippen LogP contribution is -1.94. The van der Waals surface area contributed by atoms with Crippen LogP contribution in [0.15, 0.2) is 18.2 Å². The topological polar surface area (TPSA) is 93.0 Å². The lowest BCUT2D eigenvalue weighted by atomic mass is 10.0. The summed E-state index contributed by atoms with van der Waals surface area (Å²) in [5.41, 5.74) is 7.43. The molecule has 1 aromatic heterocycles. The molecular weight excluding hydrogens is 298 g/mol. The average molecular weight is 308 g/mol. The van der Waals surface area contributed by atoms with Gasteiger partial charge in [-0.1, -0.05) is 18.5 Å². The van der Waals surface area contributed by atoms with Crippen molar-refractivity contribution in [2.24, 2.45) is 0 Å². The number of thiophene rings is 1. The minimum absolute atomic E-state index is 0.0852. The van der Waals surface area contributed by atoms with Gasteiger partial charge in [-0.15, -0.1) is 11.3 Å². The Morgan fingerprint density at radius 1 is 1.55 bits per heavy atom. The first kappa shape index (κ1) is 14.3. The maximum absolute atomic E-state index is 11.2. The molecule has 2 aromatic rings. The molecular formula is C13H10ClN3O2S. The van der Waals surface area contributed by atoms with Crippen molar-refractivity contribution in [2.75, 3.05) is 5.73 Å². The Kier molecular flexibility index (Phi) is 3.93. The van der Waals surface area contributed by atoms with Crippen LogP contribution in [0.5, 0.6) is 0 Å². The lowest BCUT2D eigenvalue weighted by Gasteiger charge is -2.04. The van der Waals surface area contributed by atoms with Crippen molar-refractivity contribution in [2.45, 2.75) is 13.3 Å². The molecule has 102 valence electrons. The zero-order valence-corrected chi connectivity index (χ0v) is 12.1. The molecule has 0 saturated carbocycles. The number of nitriles is 1. The van der Waals surface area contributed by atoms with Crippen molar-refractivity contribution < 1.29 is 4.92 Å². The number of halogens is 1. The van der Waals surface area contributed by atoms with E-state index in [0.717, 1.165) is 5.56 Å². The molecule has 0 amide bonds. The Hall–Kier alpha value is -2.10. The van der Waals surface area contributed by atoms with Gasteiger partial charge in [0.2, 0.25) is 0 Å². The standard InChI is InChI=1S/C13H10ClN3O2S/c1-2-8-12(16)11(6-15)20-13(8)9-4-3-7(14)5-10(9)17(18)19/h3-5H,2,16H2,1H3. The fourth-order valence-electron chi connectivity index (χ4n) is 1.98. The van der Waals surface area contributed by atoms with Crippen LogP contribution in [0.2, 0.25) is 5.02 Å². The van der Waals surface area contributed by atoms with E-state index < -0.39 is 4.92 Å². The number of hydrogen-bond donors (Lipinski definition) is 1. The maximum Gasteiger partial charge on any atom is 0.279 e. The first-order valence-corrected chi connectivity index (χ1v) is 6.94. The van der Waals surface area contributed by atoms with Gasteiger partial charge >= 0.3 is 0 Å². The van der Waals surface area contributed by atoms with E-state index in [1.807, 2.05) is 13.0 Å². The molecule has 0 radical (unpaired) electrons. The van der Waals surface area contributed by atoms with Gasteiger partial charge in [0.15, 0.2) is 0 Å². The molecule has 0 saturated heterocycles. The van der Waals surface area contributed by atoms with Gasteiger partial charge in [0.25, 0.3) is 5.69 Å². The van der Waals surface area contributed by atoms with Gasteiger partial charge in [0.1, 0.15) is 10.9 Å². The summed E-state index contributed by atoms with van der Waals surface area (Å²) in [5, 5.41) is 20.5. The minimum Gasteiger partial charge on any atom is -0.397 e. The highest BCUT2D eigenvalue weighted by Gasteiger charge is 2.23. The summed E-state index contributed by atoms with van der Waals surface area (Å²) >= 11 is 6.98. The van der Waals surface area contributed by atoms with Gasteiger partial charge in [-0.05, 0) is 24.1 Å². The molecule has 2 N–H and O–H groups in total. The molecule has 1 aromatic carbocycles. The second-order valence-electron chi connectivity index (χ2n) is 4.04. The van der Waals surface area contributed by atoms with Gasteiger partial charge in [0.05, 0.1) is 16.2 Å². The van der Waals surface area contributed by atoms with Gasteiger partial charge in [-0.3, -0.25) is 10.1 Å². The van der Waals surface area contributed by atoms with E-state index in [-0.39, 0.29) is 5.69 Å². The molecule has 0 aliphatic rings. The Bertz CT molecular complexity index is 734. The van der Waals surface area contributed by atoms with E-state index >= 15 is 0 Å². The number of rotatable bonds is 3. The van der Waals surface area contributed by atoms with Crippen molar-refractivity contribution in [3.63, 3.8) is 0 Å². The highest BCUT2D eigenvalue weighted by Crippen LogP contribution is 2.42. The molecule has 0 aliphatic heterocycles. The first-order valence-electron chi connectivity index (χ1n) is 5.75. The number of nitrogen functional groups attached to an aromatic ring is 1. The van der Waals surface area contributed by atoms with E-state index in [4.69, 9.17) is 22.6 Å². The SMILES string of the molecule is CCc1c(-c2ccc(Cl)cc2[N+](=O)[O-])sc(C#N)c1N. The third-order valence-corrected chi connectivity index (χ3v) is 4.33. The third-order valence-electron chi connectivity index (χ3n) is 2.90. The largest absolute Gasteiger partial charge is 0.397 e. The maximum atomic E-state index is 11.2. The molecule has 5 nitrogen and oxygen atoms in total. The summed E-state index contributed by atoms with van der Waals surface area (Å²) in [5.74, 6) is 0. The van der Waals surface area contributed by atoms with Crippen molar-refractivity contribution in [3.05, 3.63) is 43.8 Å². The van der Waals surface area contributed by atoms with E-state index in [9.17, 15) is 10.1 Å². The highest BCUT2D eigenvalue weighted by atomic mass is 35.5.